The van der Waals surface area contributed by atoms with Crippen LogP contribution in [-0.4, -0.2) is 45.1 Å². The van der Waals surface area contributed by atoms with Crippen LogP contribution in [0.2, 0.25) is 0 Å². The van der Waals surface area contributed by atoms with Gasteiger partial charge in [0.15, 0.2) is 23.4 Å². The van der Waals surface area contributed by atoms with E-state index in [1.54, 1.807) is 24.3 Å². The number of hydrogen-bond acceptors (Lipinski definition) is 7. The molecule has 1 N–H and O–H groups in total. The number of ketones is 1. The number of hydrogen-bond donors (Lipinski definition) is 1. The molecular formula is C21H23NO7. The highest BCUT2D eigenvalue weighted by atomic mass is 16.6. The van der Waals surface area contributed by atoms with E-state index in [4.69, 9.17) is 18.9 Å². The number of anilines is 1. The summed E-state index contributed by atoms with van der Waals surface area (Å²) in [5, 5.41) is 2.62. The standard InChI is InChI=1S/C21H23NO7/c1-12(23)14-7-6-8-15(11-14)22-20(24)13(2)29-21(25)16-9-10-17(26-3)19(28-5)18(16)27-4/h6-11,13H,1-5H3,(H,22,24)/t13-/m1/s1. The number of carbonyl (C=O) groups excluding carboxylic acids is 3. The van der Waals surface area contributed by atoms with Crippen LogP contribution in [0, 0.1) is 0 Å². The molecule has 0 fully saturated rings. The Morgan fingerprint density at radius 3 is 2.21 bits per heavy atom. The summed E-state index contributed by atoms with van der Waals surface area (Å²) in [5.74, 6) is -0.666. The third-order valence-corrected chi connectivity index (χ3v) is 4.11. The Bertz CT molecular complexity index is 923. The molecule has 0 aliphatic heterocycles. The van der Waals surface area contributed by atoms with Gasteiger partial charge < -0.3 is 24.3 Å². The second-order valence-electron chi connectivity index (χ2n) is 6.06. The summed E-state index contributed by atoms with van der Waals surface area (Å²) in [5.41, 5.74) is 0.972. The lowest BCUT2D eigenvalue weighted by Gasteiger charge is -2.17. The lowest BCUT2D eigenvalue weighted by atomic mass is 10.1. The highest BCUT2D eigenvalue weighted by Gasteiger charge is 2.25. The van der Waals surface area contributed by atoms with E-state index in [1.165, 1.54) is 47.3 Å². The molecular weight excluding hydrogens is 378 g/mol. The van der Waals surface area contributed by atoms with Crippen molar-refractivity contribution in [1.82, 2.24) is 0 Å². The third-order valence-electron chi connectivity index (χ3n) is 4.11. The van der Waals surface area contributed by atoms with Gasteiger partial charge >= 0.3 is 5.97 Å². The zero-order valence-corrected chi connectivity index (χ0v) is 16.9. The Balaban J connectivity index is 2.15. The topological polar surface area (TPSA) is 100 Å². The Hall–Kier alpha value is -3.55. The molecule has 0 aliphatic rings. The first-order chi connectivity index (χ1) is 13.8. The number of rotatable bonds is 8. The summed E-state index contributed by atoms with van der Waals surface area (Å²) in [6.07, 6.45) is -1.10. The molecule has 2 aromatic carbocycles. The molecule has 1 atom stereocenters. The summed E-state index contributed by atoms with van der Waals surface area (Å²) >= 11 is 0. The van der Waals surface area contributed by atoms with E-state index in [0.717, 1.165) is 0 Å². The van der Waals surface area contributed by atoms with Crippen LogP contribution >= 0.6 is 0 Å². The maximum absolute atomic E-state index is 12.6. The van der Waals surface area contributed by atoms with Gasteiger partial charge in [0, 0.05) is 11.3 Å². The normalized spacial score (nSPS) is 11.2. The van der Waals surface area contributed by atoms with Gasteiger partial charge in [-0.15, -0.1) is 0 Å². The number of amides is 1. The maximum atomic E-state index is 12.6. The number of carbonyl (C=O) groups is 3. The average molecular weight is 401 g/mol. The molecule has 8 heteroatoms. The van der Waals surface area contributed by atoms with E-state index in [9.17, 15) is 14.4 Å². The van der Waals surface area contributed by atoms with Crippen LogP contribution < -0.4 is 19.5 Å². The first-order valence-corrected chi connectivity index (χ1v) is 8.74. The van der Waals surface area contributed by atoms with Crippen molar-refractivity contribution in [3.63, 3.8) is 0 Å². The molecule has 2 aromatic rings. The number of methoxy groups -OCH3 is 3. The van der Waals surface area contributed by atoms with Crippen LogP contribution in [0.15, 0.2) is 36.4 Å². The summed E-state index contributed by atoms with van der Waals surface area (Å²) in [7, 11) is 4.26. The third kappa shape index (κ3) is 5.04. The highest BCUT2D eigenvalue weighted by molar-refractivity contribution is 6.00. The van der Waals surface area contributed by atoms with Crippen molar-refractivity contribution in [2.75, 3.05) is 26.6 Å². The summed E-state index contributed by atoms with van der Waals surface area (Å²) in [6.45, 7) is 2.87. The molecule has 0 bridgehead atoms. The van der Waals surface area contributed by atoms with E-state index in [0.29, 0.717) is 17.0 Å². The van der Waals surface area contributed by atoms with Crippen molar-refractivity contribution in [3.8, 4) is 17.2 Å². The number of esters is 1. The largest absolute Gasteiger partial charge is 0.493 e. The lowest BCUT2D eigenvalue weighted by Crippen LogP contribution is -2.30. The fraction of sp³-hybridized carbons (Fsp3) is 0.286. The van der Waals surface area contributed by atoms with Gasteiger partial charge in [-0.25, -0.2) is 4.79 Å². The van der Waals surface area contributed by atoms with Crippen LogP contribution in [0.1, 0.15) is 34.6 Å². The minimum Gasteiger partial charge on any atom is -0.493 e. The van der Waals surface area contributed by atoms with E-state index in [1.807, 2.05) is 0 Å². The smallest absolute Gasteiger partial charge is 0.342 e. The average Bonchev–Trinajstić information content (AvgIpc) is 2.72. The Labute approximate surface area is 168 Å². The van der Waals surface area contributed by atoms with E-state index in [-0.39, 0.29) is 22.8 Å². The molecule has 1 amide bonds. The molecule has 8 nitrogen and oxygen atoms in total. The Morgan fingerprint density at radius 2 is 1.62 bits per heavy atom. The van der Waals surface area contributed by atoms with Crippen molar-refractivity contribution in [3.05, 3.63) is 47.5 Å². The first-order valence-electron chi connectivity index (χ1n) is 8.74. The zero-order chi connectivity index (χ0) is 21.6. The van der Waals surface area contributed by atoms with Crippen LogP contribution in [0.5, 0.6) is 17.2 Å². The van der Waals surface area contributed by atoms with Crippen LogP contribution in [0.25, 0.3) is 0 Å². The fourth-order valence-electron chi connectivity index (χ4n) is 2.60. The highest BCUT2D eigenvalue weighted by Crippen LogP contribution is 2.40. The minimum atomic E-state index is -1.10. The number of Topliss-reactive ketones (excluding diaryl/α,β-unsaturated/α-hetero) is 1. The Morgan fingerprint density at radius 1 is 0.931 bits per heavy atom. The molecule has 0 aromatic heterocycles. The summed E-state index contributed by atoms with van der Waals surface area (Å²) < 4.78 is 21.0. The molecule has 0 saturated heterocycles. The van der Waals surface area contributed by atoms with Gasteiger partial charge in [0.05, 0.1) is 21.3 Å². The zero-order valence-electron chi connectivity index (χ0n) is 16.9. The molecule has 0 heterocycles. The van der Waals surface area contributed by atoms with Crippen molar-refractivity contribution in [2.45, 2.75) is 20.0 Å². The quantitative estimate of drug-likeness (QED) is 0.536. The second kappa shape index (κ2) is 9.59. The molecule has 0 unspecified atom stereocenters. The summed E-state index contributed by atoms with van der Waals surface area (Å²) in [6, 6.07) is 9.48. The van der Waals surface area contributed by atoms with Gasteiger partial charge in [0.25, 0.3) is 5.91 Å². The second-order valence-corrected chi connectivity index (χ2v) is 6.06. The monoisotopic (exact) mass is 401 g/mol. The van der Waals surface area contributed by atoms with Gasteiger partial charge in [-0.05, 0) is 38.1 Å². The summed E-state index contributed by atoms with van der Waals surface area (Å²) in [4.78, 5) is 36.4. The SMILES string of the molecule is COc1ccc(C(=O)O[C@H](C)C(=O)Nc2cccc(C(C)=O)c2)c(OC)c1OC. The van der Waals surface area contributed by atoms with Gasteiger partial charge in [-0.2, -0.15) is 0 Å². The molecule has 0 radical (unpaired) electrons. The molecule has 2 rings (SSSR count). The lowest BCUT2D eigenvalue weighted by molar-refractivity contribution is -0.123. The number of ether oxygens (including phenoxy) is 4. The van der Waals surface area contributed by atoms with Crippen molar-refractivity contribution >= 4 is 23.3 Å². The van der Waals surface area contributed by atoms with Crippen LogP contribution in [0.4, 0.5) is 5.69 Å². The van der Waals surface area contributed by atoms with Crippen molar-refractivity contribution < 1.29 is 33.3 Å². The molecule has 0 saturated carbocycles. The molecule has 0 aliphatic carbocycles. The van der Waals surface area contributed by atoms with Crippen molar-refractivity contribution in [2.24, 2.45) is 0 Å². The predicted octanol–water partition coefficient (Wildman–Crippen LogP) is 3.10. The van der Waals surface area contributed by atoms with E-state index >= 15 is 0 Å². The predicted molar refractivity (Wildman–Crippen MR) is 106 cm³/mol. The van der Waals surface area contributed by atoms with E-state index in [2.05, 4.69) is 5.32 Å². The van der Waals surface area contributed by atoms with Crippen LogP contribution in [0.3, 0.4) is 0 Å². The molecule has 0 spiro atoms. The van der Waals surface area contributed by atoms with E-state index < -0.39 is 18.0 Å². The van der Waals surface area contributed by atoms with Gasteiger partial charge in [-0.3, -0.25) is 9.59 Å². The molecule has 154 valence electrons. The molecule has 29 heavy (non-hydrogen) atoms. The minimum absolute atomic E-state index is 0.0865. The van der Waals surface area contributed by atoms with Gasteiger partial charge in [0.1, 0.15) is 5.56 Å². The van der Waals surface area contributed by atoms with Crippen LogP contribution in [-0.2, 0) is 9.53 Å². The number of benzene rings is 2. The van der Waals surface area contributed by atoms with Gasteiger partial charge in [0.2, 0.25) is 5.75 Å². The fourth-order valence-corrected chi connectivity index (χ4v) is 2.60. The maximum Gasteiger partial charge on any atom is 0.342 e. The van der Waals surface area contributed by atoms with Gasteiger partial charge in [-0.1, -0.05) is 12.1 Å². The first kappa shape index (κ1) is 21.7. The Kier molecular flexibility index (Phi) is 7.19. The van der Waals surface area contributed by atoms with Crippen molar-refractivity contribution in [1.29, 1.82) is 0 Å². The number of nitrogens with one attached hydrogen (secondary N) is 1.